The van der Waals surface area contributed by atoms with Crippen molar-refractivity contribution in [2.24, 2.45) is 0 Å². The molecule has 1 aromatic carbocycles. The van der Waals surface area contributed by atoms with Gasteiger partial charge in [0.25, 0.3) is 0 Å². The lowest BCUT2D eigenvalue weighted by Crippen LogP contribution is -2.14. The zero-order valence-electron chi connectivity index (χ0n) is 13.3. The van der Waals surface area contributed by atoms with E-state index >= 15 is 0 Å². The molecule has 0 aliphatic heterocycles. The smallest absolute Gasteiger partial charge is 0.131 e. The summed E-state index contributed by atoms with van der Waals surface area (Å²) >= 11 is 6.09. The summed E-state index contributed by atoms with van der Waals surface area (Å²) in [7, 11) is 2.03. The Balaban J connectivity index is 2.44. The maximum absolute atomic E-state index is 6.09. The van der Waals surface area contributed by atoms with Crippen LogP contribution in [0.1, 0.15) is 42.4 Å². The third kappa shape index (κ3) is 3.53. The van der Waals surface area contributed by atoms with Crippen molar-refractivity contribution in [3.63, 3.8) is 0 Å². The normalized spacial score (nSPS) is 11.0. The first-order valence-electron chi connectivity index (χ1n) is 7.16. The molecule has 0 N–H and O–H groups in total. The van der Waals surface area contributed by atoms with Crippen molar-refractivity contribution in [3.8, 4) is 0 Å². The Bertz CT molecular complexity index is 618. The summed E-state index contributed by atoms with van der Waals surface area (Å²) in [6.45, 7) is 8.37. The van der Waals surface area contributed by atoms with Crippen LogP contribution in [0.15, 0.2) is 24.4 Å². The van der Waals surface area contributed by atoms with Gasteiger partial charge in [0, 0.05) is 18.7 Å². The van der Waals surface area contributed by atoms with E-state index in [-0.39, 0.29) is 0 Å². The molecule has 112 valence electrons. The van der Waals surface area contributed by atoms with Gasteiger partial charge in [0.15, 0.2) is 0 Å². The minimum Gasteiger partial charge on any atom is -0.342 e. The Labute approximate surface area is 132 Å². The van der Waals surface area contributed by atoms with Crippen LogP contribution in [0.2, 0.25) is 0 Å². The third-order valence-electron chi connectivity index (χ3n) is 3.46. The number of aromatic nitrogens is 2. The number of benzene rings is 1. The Kier molecular flexibility index (Phi) is 4.84. The van der Waals surface area contributed by atoms with Crippen LogP contribution >= 0.6 is 11.6 Å². The highest BCUT2D eigenvalue weighted by Crippen LogP contribution is 2.28. The summed E-state index contributed by atoms with van der Waals surface area (Å²) in [5, 5.41) is 0. The van der Waals surface area contributed by atoms with E-state index in [1.807, 2.05) is 13.2 Å². The van der Waals surface area contributed by atoms with Crippen molar-refractivity contribution >= 4 is 23.0 Å². The van der Waals surface area contributed by atoms with E-state index in [0.717, 1.165) is 22.9 Å². The Morgan fingerprint density at radius 1 is 1.14 bits per heavy atom. The number of rotatable bonds is 4. The summed E-state index contributed by atoms with van der Waals surface area (Å²) in [4.78, 5) is 11.2. The Hall–Kier alpha value is -1.61. The van der Waals surface area contributed by atoms with Crippen molar-refractivity contribution in [2.45, 2.75) is 39.5 Å². The molecule has 0 atom stereocenters. The van der Waals surface area contributed by atoms with Gasteiger partial charge in [-0.3, -0.25) is 0 Å². The van der Waals surface area contributed by atoms with Crippen LogP contribution in [-0.2, 0) is 5.88 Å². The zero-order chi connectivity index (χ0) is 15.6. The second-order valence-electron chi connectivity index (χ2n) is 5.75. The van der Waals surface area contributed by atoms with Crippen LogP contribution in [0.3, 0.4) is 0 Å². The van der Waals surface area contributed by atoms with Gasteiger partial charge < -0.3 is 4.90 Å². The first kappa shape index (κ1) is 15.8. The van der Waals surface area contributed by atoms with Gasteiger partial charge in [0.2, 0.25) is 0 Å². The van der Waals surface area contributed by atoms with Crippen molar-refractivity contribution < 1.29 is 0 Å². The molecule has 0 saturated carbocycles. The van der Waals surface area contributed by atoms with Crippen LogP contribution < -0.4 is 4.90 Å². The molecule has 2 rings (SSSR count). The van der Waals surface area contributed by atoms with Gasteiger partial charge in [0.1, 0.15) is 5.82 Å². The number of hydrogen-bond donors (Lipinski definition) is 0. The second kappa shape index (κ2) is 6.44. The summed E-state index contributed by atoms with van der Waals surface area (Å²) in [6.07, 6.45) is 1.87. The molecule has 0 spiro atoms. The average molecular weight is 304 g/mol. The van der Waals surface area contributed by atoms with E-state index in [2.05, 4.69) is 60.8 Å². The summed E-state index contributed by atoms with van der Waals surface area (Å²) in [6, 6.07) is 6.47. The molecule has 0 saturated heterocycles. The van der Waals surface area contributed by atoms with Gasteiger partial charge in [0.05, 0.1) is 23.5 Å². The summed E-state index contributed by atoms with van der Waals surface area (Å²) in [5.74, 6) is 1.52. The molecule has 0 bridgehead atoms. The number of halogens is 1. The maximum atomic E-state index is 6.09. The molecule has 0 fully saturated rings. The monoisotopic (exact) mass is 303 g/mol. The molecule has 0 radical (unpaired) electrons. The number of aryl methyl sites for hydroxylation is 2. The second-order valence-corrected chi connectivity index (χ2v) is 6.02. The van der Waals surface area contributed by atoms with E-state index in [0.29, 0.717) is 11.8 Å². The highest BCUT2D eigenvalue weighted by Gasteiger charge is 2.14. The molecule has 3 nitrogen and oxygen atoms in total. The fourth-order valence-corrected chi connectivity index (χ4v) is 2.56. The van der Waals surface area contributed by atoms with Gasteiger partial charge >= 0.3 is 0 Å². The number of hydrogen-bond acceptors (Lipinski definition) is 3. The highest BCUT2D eigenvalue weighted by atomic mass is 35.5. The Morgan fingerprint density at radius 3 is 2.29 bits per heavy atom. The van der Waals surface area contributed by atoms with Crippen molar-refractivity contribution in [3.05, 3.63) is 47.0 Å². The molecular formula is C17H22ClN3. The largest absolute Gasteiger partial charge is 0.342 e. The van der Waals surface area contributed by atoms with Crippen LogP contribution in [0.25, 0.3) is 0 Å². The SMILES string of the molecule is Cc1cc(C)cc(N(C)c2cnc(C(C)C)nc2CCl)c1. The van der Waals surface area contributed by atoms with E-state index in [1.54, 1.807) is 0 Å². The highest BCUT2D eigenvalue weighted by molar-refractivity contribution is 6.17. The number of alkyl halides is 1. The minimum atomic E-state index is 0.299. The molecule has 4 heteroatoms. The van der Waals surface area contributed by atoms with Gasteiger partial charge in [-0.1, -0.05) is 19.9 Å². The predicted octanol–water partition coefficient (Wildman–Crippen LogP) is 4.72. The lowest BCUT2D eigenvalue weighted by Gasteiger charge is -2.22. The van der Waals surface area contributed by atoms with Gasteiger partial charge in [-0.05, 0) is 37.1 Å². The molecule has 0 aliphatic rings. The molecule has 0 amide bonds. The molecular weight excluding hydrogens is 282 g/mol. The molecule has 1 aromatic heterocycles. The summed E-state index contributed by atoms with van der Waals surface area (Å²) in [5.41, 5.74) is 5.43. The fourth-order valence-electron chi connectivity index (χ4n) is 2.37. The maximum Gasteiger partial charge on any atom is 0.131 e. The van der Waals surface area contributed by atoms with Crippen LogP contribution in [0, 0.1) is 13.8 Å². The average Bonchev–Trinajstić information content (AvgIpc) is 2.44. The first-order chi connectivity index (χ1) is 9.92. The van der Waals surface area contributed by atoms with E-state index in [9.17, 15) is 0 Å². The molecule has 1 heterocycles. The van der Waals surface area contributed by atoms with Crippen LogP contribution in [0.4, 0.5) is 11.4 Å². The number of anilines is 2. The predicted molar refractivity (Wildman–Crippen MR) is 89.7 cm³/mol. The van der Waals surface area contributed by atoms with Crippen molar-refractivity contribution in [2.75, 3.05) is 11.9 Å². The van der Waals surface area contributed by atoms with Crippen LogP contribution in [-0.4, -0.2) is 17.0 Å². The van der Waals surface area contributed by atoms with Crippen molar-refractivity contribution in [1.29, 1.82) is 0 Å². The third-order valence-corrected chi connectivity index (χ3v) is 3.72. The molecule has 21 heavy (non-hydrogen) atoms. The Morgan fingerprint density at radius 2 is 1.76 bits per heavy atom. The minimum absolute atomic E-state index is 0.299. The van der Waals surface area contributed by atoms with Gasteiger partial charge in [-0.25, -0.2) is 9.97 Å². The number of nitrogens with zero attached hydrogens (tertiary/aromatic N) is 3. The molecule has 0 aliphatic carbocycles. The van der Waals surface area contributed by atoms with Crippen LogP contribution in [0.5, 0.6) is 0 Å². The topological polar surface area (TPSA) is 29.0 Å². The van der Waals surface area contributed by atoms with E-state index < -0.39 is 0 Å². The first-order valence-corrected chi connectivity index (χ1v) is 7.69. The van der Waals surface area contributed by atoms with Gasteiger partial charge in [-0.2, -0.15) is 0 Å². The molecule has 2 aromatic rings. The quantitative estimate of drug-likeness (QED) is 0.765. The molecule has 0 unspecified atom stereocenters. The van der Waals surface area contributed by atoms with Crippen molar-refractivity contribution in [1.82, 2.24) is 9.97 Å². The summed E-state index contributed by atoms with van der Waals surface area (Å²) < 4.78 is 0. The lowest BCUT2D eigenvalue weighted by atomic mass is 10.1. The standard InChI is InChI=1S/C17H22ClN3/c1-11(2)17-19-10-16(15(9-18)20-17)21(5)14-7-12(3)6-13(4)8-14/h6-8,10-11H,9H2,1-5H3. The lowest BCUT2D eigenvalue weighted by molar-refractivity contribution is 0.763. The van der Waals surface area contributed by atoms with E-state index in [4.69, 9.17) is 11.6 Å². The zero-order valence-corrected chi connectivity index (χ0v) is 14.1. The van der Waals surface area contributed by atoms with E-state index in [1.165, 1.54) is 11.1 Å². The fraction of sp³-hybridized carbons (Fsp3) is 0.412. The van der Waals surface area contributed by atoms with Gasteiger partial charge in [-0.15, -0.1) is 11.6 Å².